The molecule has 2 atom stereocenters. The second-order valence-corrected chi connectivity index (χ2v) is 5.91. The average molecular weight is 290 g/mol. The highest BCUT2D eigenvalue weighted by atomic mass is 35.5. The van der Waals surface area contributed by atoms with Crippen molar-refractivity contribution in [3.05, 3.63) is 70.5 Å². The number of fused-ring (bicyclic) bond motifs is 1. The zero-order valence-corrected chi connectivity index (χ0v) is 12.1. The molecule has 3 heteroatoms. The summed E-state index contributed by atoms with van der Waals surface area (Å²) in [6.07, 6.45) is 0.886. The Kier molecular flexibility index (Phi) is 3.77. The van der Waals surface area contributed by atoms with Crippen LogP contribution in [0.25, 0.3) is 0 Å². The molecule has 2 unspecified atom stereocenters. The van der Waals surface area contributed by atoms with Crippen molar-refractivity contribution in [3.63, 3.8) is 0 Å². The Morgan fingerprint density at radius 1 is 1.25 bits per heavy atom. The molecular weight excluding hydrogens is 273 g/mol. The monoisotopic (exact) mass is 289 g/mol. The first-order valence-corrected chi connectivity index (χ1v) is 7.29. The zero-order chi connectivity index (χ0) is 14.1. The molecule has 20 heavy (non-hydrogen) atoms. The Bertz CT molecular complexity index is 626. The first-order chi connectivity index (χ1) is 9.65. The van der Waals surface area contributed by atoms with E-state index in [1.807, 2.05) is 25.1 Å². The number of alkyl halides is 1. The fourth-order valence-electron chi connectivity index (χ4n) is 2.83. The number of rotatable bonds is 3. The molecule has 104 valence electrons. The van der Waals surface area contributed by atoms with Gasteiger partial charge in [-0.3, -0.25) is 0 Å². The molecular formula is C17H17ClFN. The number of nitrogens with one attached hydrogen (secondary N) is 1. The van der Waals surface area contributed by atoms with Crippen LogP contribution in [0.15, 0.2) is 42.5 Å². The molecule has 3 rings (SSSR count). The third-order valence-electron chi connectivity index (χ3n) is 3.99. The molecule has 1 aliphatic carbocycles. The summed E-state index contributed by atoms with van der Waals surface area (Å²) in [5.74, 6) is -0.193. The van der Waals surface area contributed by atoms with Gasteiger partial charge in [-0.1, -0.05) is 30.3 Å². The van der Waals surface area contributed by atoms with Crippen LogP contribution in [0.1, 0.15) is 28.3 Å². The van der Waals surface area contributed by atoms with Gasteiger partial charge in [0.05, 0.1) is 5.38 Å². The molecule has 0 radical (unpaired) electrons. The smallest absolute Gasteiger partial charge is 0.123 e. The number of aryl methyl sites for hydroxylation is 1. The maximum atomic E-state index is 13.3. The van der Waals surface area contributed by atoms with Gasteiger partial charge in [0, 0.05) is 12.6 Å². The number of benzene rings is 2. The van der Waals surface area contributed by atoms with Gasteiger partial charge >= 0.3 is 0 Å². The van der Waals surface area contributed by atoms with Crippen LogP contribution in [-0.2, 0) is 13.0 Å². The second kappa shape index (κ2) is 5.55. The summed E-state index contributed by atoms with van der Waals surface area (Å²) in [6, 6.07) is 13.4. The molecule has 0 bridgehead atoms. The summed E-state index contributed by atoms with van der Waals surface area (Å²) in [5, 5.41) is 3.53. The van der Waals surface area contributed by atoms with Gasteiger partial charge in [-0.2, -0.15) is 0 Å². The second-order valence-electron chi connectivity index (χ2n) is 5.35. The fraction of sp³-hybridized carbons (Fsp3) is 0.294. The van der Waals surface area contributed by atoms with Crippen molar-refractivity contribution in [2.75, 3.05) is 0 Å². The van der Waals surface area contributed by atoms with Crippen molar-refractivity contribution in [2.45, 2.75) is 31.3 Å². The zero-order valence-electron chi connectivity index (χ0n) is 11.4. The predicted octanol–water partition coefficient (Wildman–Crippen LogP) is 4.13. The lowest BCUT2D eigenvalue weighted by atomic mass is 10.1. The number of hydrogen-bond acceptors (Lipinski definition) is 1. The van der Waals surface area contributed by atoms with E-state index in [0.717, 1.165) is 17.5 Å². The van der Waals surface area contributed by atoms with E-state index in [4.69, 9.17) is 11.6 Å². The minimum Gasteiger partial charge on any atom is -0.305 e. The van der Waals surface area contributed by atoms with Gasteiger partial charge in [-0.05, 0) is 47.7 Å². The van der Waals surface area contributed by atoms with E-state index in [0.29, 0.717) is 6.54 Å². The number of hydrogen-bond donors (Lipinski definition) is 1. The Labute approximate surface area is 123 Å². The van der Waals surface area contributed by atoms with Gasteiger partial charge < -0.3 is 5.32 Å². The lowest BCUT2D eigenvalue weighted by Crippen LogP contribution is -2.25. The molecule has 1 N–H and O–H groups in total. The van der Waals surface area contributed by atoms with Crippen LogP contribution in [0.5, 0.6) is 0 Å². The lowest BCUT2D eigenvalue weighted by molar-refractivity contribution is 0.532. The Morgan fingerprint density at radius 2 is 2.05 bits per heavy atom. The van der Waals surface area contributed by atoms with Crippen molar-refractivity contribution >= 4 is 11.6 Å². The predicted molar refractivity (Wildman–Crippen MR) is 80.5 cm³/mol. The van der Waals surface area contributed by atoms with Crippen LogP contribution in [0, 0.1) is 12.7 Å². The normalized spacial score (nSPS) is 20.9. The van der Waals surface area contributed by atoms with Crippen LogP contribution in [0.2, 0.25) is 0 Å². The van der Waals surface area contributed by atoms with Gasteiger partial charge in [-0.15, -0.1) is 11.6 Å². The minimum absolute atomic E-state index is 0.0567. The minimum atomic E-state index is -0.193. The maximum absolute atomic E-state index is 13.3. The molecule has 0 aromatic heterocycles. The molecule has 2 aromatic carbocycles. The summed E-state index contributed by atoms with van der Waals surface area (Å²) in [7, 11) is 0. The van der Waals surface area contributed by atoms with Crippen LogP contribution in [0.4, 0.5) is 4.39 Å². The Balaban J connectivity index is 1.77. The van der Waals surface area contributed by atoms with Crippen LogP contribution in [-0.4, -0.2) is 5.38 Å². The lowest BCUT2D eigenvalue weighted by Gasteiger charge is -2.18. The van der Waals surface area contributed by atoms with E-state index < -0.39 is 0 Å². The molecule has 0 spiro atoms. The molecule has 0 heterocycles. The molecule has 0 fully saturated rings. The van der Waals surface area contributed by atoms with Gasteiger partial charge in [0.2, 0.25) is 0 Å². The molecule has 0 aliphatic heterocycles. The van der Waals surface area contributed by atoms with E-state index >= 15 is 0 Å². The highest BCUT2D eigenvalue weighted by Gasteiger charge is 2.30. The van der Waals surface area contributed by atoms with Gasteiger partial charge in [0.25, 0.3) is 0 Å². The molecule has 2 aromatic rings. The third-order valence-corrected chi connectivity index (χ3v) is 4.40. The highest BCUT2D eigenvalue weighted by molar-refractivity contribution is 6.21. The van der Waals surface area contributed by atoms with Gasteiger partial charge in [0.1, 0.15) is 5.82 Å². The van der Waals surface area contributed by atoms with E-state index in [1.54, 1.807) is 6.07 Å². The first-order valence-electron chi connectivity index (χ1n) is 6.85. The average Bonchev–Trinajstić information content (AvgIpc) is 2.75. The van der Waals surface area contributed by atoms with E-state index in [9.17, 15) is 4.39 Å². The van der Waals surface area contributed by atoms with Crippen molar-refractivity contribution in [3.8, 4) is 0 Å². The third kappa shape index (κ3) is 2.58. The molecule has 0 saturated carbocycles. The molecule has 0 amide bonds. The summed E-state index contributed by atoms with van der Waals surface area (Å²) in [5.41, 5.74) is 4.65. The highest BCUT2D eigenvalue weighted by Crippen LogP contribution is 2.34. The summed E-state index contributed by atoms with van der Waals surface area (Å²) in [4.78, 5) is 0. The molecule has 0 saturated heterocycles. The van der Waals surface area contributed by atoms with E-state index in [2.05, 4.69) is 17.4 Å². The first kappa shape index (κ1) is 13.6. The standard InChI is InChI=1S/C17H17ClFN/c1-11-6-7-14(19)8-13(11)10-20-17-15-5-3-2-4-12(15)9-16(17)18/h2-8,16-17,20H,9-10H2,1H3. The Morgan fingerprint density at radius 3 is 2.90 bits per heavy atom. The van der Waals surface area contributed by atoms with Crippen molar-refractivity contribution < 1.29 is 4.39 Å². The Hall–Kier alpha value is -1.38. The fourth-order valence-corrected chi connectivity index (χ4v) is 3.23. The quantitative estimate of drug-likeness (QED) is 0.838. The number of halogens is 2. The van der Waals surface area contributed by atoms with Crippen molar-refractivity contribution in [1.82, 2.24) is 5.32 Å². The molecule has 1 nitrogen and oxygen atoms in total. The van der Waals surface area contributed by atoms with E-state index in [-0.39, 0.29) is 17.2 Å². The summed E-state index contributed by atoms with van der Waals surface area (Å²) in [6.45, 7) is 2.63. The van der Waals surface area contributed by atoms with Gasteiger partial charge in [-0.25, -0.2) is 4.39 Å². The van der Waals surface area contributed by atoms with Gasteiger partial charge in [0.15, 0.2) is 0 Å². The summed E-state index contributed by atoms with van der Waals surface area (Å²) < 4.78 is 13.3. The van der Waals surface area contributed by atoms with Crippen LogP contribution >= 0.6 is 11.6 Å². The van der Waals surface area contributed by atoms with Crippen molar-refractivity contribution in [2.24, 2.45) is 0 Å². The van der Waals surface area contributed by atoms with Crippen LogP contribution < -0.4 is 5.32 Å². The van der Waals surface area contributed by atoms with Crippen LogP contribution in [0.3, 0.4) is 0 Å². The topological polar surface area (TPSA) is 12.0 Å². The summed E-state index contributed by atoms with van der Waals surface area (Å²) >= 11 is 6.44. The van der Waals surface area contributed by atoms with Crippen molar-refractivity contribution in [1.29, 1.82) is 0 Å². The molecule has 1 aliphatic rings. The SMILES string of the molecule is Cc1ccc(F)cc1CNC1c2ccccc2CC1Cl. The maximum Gasteiger partial charge on any atom is 0.123 e. The van der Waals surface area contributed by atoms with E-state index in [1.165, 1.54) is 17.2 Å². The largest absolute Gasteiger partial charge is 0.305 e.